The van der Waals surface area contributed by atoms with Crippen LogP contribution in [0, 0.1) is 16.0 Å². The number of carbonyl (C=O) groups excluding carboxylic acids is 1. The van der Waals surface area contributed by atoms with E-state index in [9.17, 15) is 14.9 Å². The number of benzene rings is 1. The summed E-state index contributed by atoms with van der Waals surface area (Å²) in [4.78, 5) is 29.5. The number of nitrogens with zero attached hydrogens (tertiary/aromatic N) is 3. The van der Waals surface area contributed by atoms with Gasteiger partial charge in [-0.25, -0.2) is 0 Å². The molecule has 0 atom stereocenters. The number of anilines is 1. The lowest BCUT2D eigenvalue weighted by molar-refractivity contribution is -0.384. The van der Waals surface area contributed by atoms with Gasteiger partial charge in [0.15, 0.2) is 0 Å². The van der Waals surface area contributed by atoms with Crippen LogP contribution in [-0.2, 0) is 6.54 Å². The molecular weight excluding hydrogens is 332 g/mol. The zero-order chi connectivity index (χ0) is 18.5. The Morgan fingerprint density at radius 1 is 1.35 bits per heavy atom. The molecule has 1 aliphatic rings. The highest BCUT2D eigenvalue weighted by Crippen LogP contribution is 2.32. The van der Waals surface area contributed by atoms with Crippen LogP contribution in [0.4, 0.5) is 11.4 Å². The van der Waals surface area contributed by atoms with E-state index in [1.165, 1.54) is 6.07 Å². The molecule has 0 bridgehead atoms. The van der Waals surface area contributed by atoms with Gasteiger partial charge in [0.25, 0.3) is 11.6 Å². The molecule has 0 saturated carbocycles. The van der Waals surface area contributed by atoms with Crippen molar-refractivity contribution in [1.82, 2.24) is 10.3 Å². The van der Waals surface area contributed by atoms with Crippen molar-refractivity contribution in [2.75, 3.05) is 18.0 Å². The molecule has 1 amide bonds. The van der Waals surface area contributed by atoms with E-state index in [-0.39, 0.29) is 17.2 Å². The Morgan fingerprint density at radius 3 is 2.77 bits per heavy atom. The first-order chi connectivity index (χ1) is 12.5. The van der Waals surface area contributed by atoms with Crippen molar-refractivity contribution >= 4 is 17.3 Å². The Labute approximate surface area is 152 Å². The number of piperidine rings is 1. The van der Waals surface area contributed by atoms with Crippen LogP contribution in [0.15, 0.2) is 42.7 Å². The summed E-state index contributed by atoms with van der Waals surface area (Å²) in [5.74, 6) is 0.304. The summed E-state index contributed by atoms with van der Waals surface area (Å²) in [6, 6.07) is 8.36. The van der Waals surface area contributed by atoms with Gasteiger partial charge in [-0.05, 0) is 42.5 Å². The van der Waals surface area contributed by atoms with Crippen molar-refractivity contribution in [2.45, 2.75) is 26.3 Å². The first-order valence-corrected chi connectivity index (χ1v) is 8.75. The molecular formula is C19H22N4O3. The predicted molar refractivity (Wildman–Crippen MR) is 99.1 cm³/mol. The van der Waals surface area contributed by atoms with Crippen molar-refractivity contribution in [2.24, 2.45) is 5.92 Å². The molecule has 1 aromatic heterocycles. The molecule has 26 heavy (non-hydrogen) atoms. The monoisotopic (exact) mass is 354 g/mol. The number of nitro groups is 1. The topological polar surface area (TPSA) is 88.4 Å². The summed E-state index contributed by atoms with van der Waals surface area (Å²) in [5.41, 5.74) is 1.73. The maximum absolute atomic E-state index is 12.4. The highest BCUT2D eigenvalue weighted by Gasteiger charge is 2.24. The number of hydrogen-bond acceptors (Lipinski definition) is 5. The molecule has 136 valence electrons. The number of nitro benzene ring substituents is 1. The third kappa shape index (κ3) is 4.17. The fraction of sp³-hybridized carbons (Fsp3) is 0.368. The molecule has 0 radical (unpaired) electrons. The number of amides is 1. The average Bonchev–Trinajstić information content (AvgIpc) is 2.67. The second kappa shape index (κ2) is 7.95. The van der Waals surface area contributed by atoms with Crippen molar-refractivity contribution in [1.29, 1.82) is 0 Å². The summed E-state index contributed by atoms with van der Waals surface area (Å²) in [6.45, 7) is 4.12. The Balaban J connectivity index is 1.75. The summed E-state index contributed by atoms with van der Waals surface area (Å²) in [6.07, 6.45) is 5.37. The smallest absolute Gasteiger partial charge is 0.293 e. The zero-order valence-corrected chi connectivity index (χ0v) is 14.7. The van der Waals surface area contributed by atoms with Crippen LogP contribution >= 0.6 is 0 Å². The van der Waals surface area contributed by atoms with Gasteiger partial charge in [0.05, 0.1) is 4.92 Å². The lowest BCUT2D eigenvalue weighted by atomic mass is 9.98. The maximum Gasteiger partial charge on any atom is 0.293 e. The number of nitrogens with one attached hydrogen (secondary N) is 1. The predicted octanol–water partition coefficient (Wildman–Crippen LogP) is 3.16. The number of aromatic nitrogens is 1. The molecule has 0 spiro atoms. The molecule has 1 saturated heterocycles. The molecule has 2 aromatic rings. The van der Waals surface area contributed by atoms with Crippen LogP contribution in [0.25, 0.3) is 0 Å². The third-order valence-corrected chi connectivity index (χ3v) is 4.73. The molecule has 1 aromatic carbocycles. The minimum absolute atomic E-state index is 0.0198. The fourth-order valence-corrected chi connectivity index (χ4v) is 3.11. The second-order valence-electron chi connectivity index (χ2n) is 6.67. The fourth-order valence-electron chi connectivity index (χ4n) is 3.11. The Bertz CT molecular complexity index is 787. The van der Waals surface area contributed by atoms with E-state index in [1.807, 2.05) is 11.0 Å². The van der Waals surface area contributed by atoms with Gasteiger partial charge in [0.1, 0.15) is 5.69 Å². The molecule has 0 unspecified atom stereocenters. The molecule has 7 heteroatoms. The van der Waals surface area contributed by atoms with Crippen LogP contribution in [0.3, 0.4) is 0 Å². The van der Waals surface area contributed by atoms with E-state index >= 15 is 0 Å². The maximum atomic E-state index is 12.4. The number of carbonyl (C=O) groups is 1. The van der Waals surface area contributed by atoms with Gasteiger partial charge in [0, 0.05) is 43.7 Å². The number of pyridine rings is 1. The quantitative estimate of drug-likeness (QED) is 0.658. The second-order valence-corrected chi connectivity index (χ2v) is 6.67. The van der Waals surface area contributed by atoms with Crippen molar-refractivity contribution in [3.8, 4) is 0 Å². The molecule has 2 heterocycles. The normalized spacial score (nSPS) is 14.9. The highest BCUT2D eigenvalue weighted by molar-refractivity contribution is 5.95. The summed E-state index contributed by atoms with van der Waals surface area (Å²) >= 11 is 0. The van der Waals surface area contributed by atoms with Gasteiger partial charge in [0.2, 0.25) is 0 Å². The molecule has 7 nitrogen and oxygen atoms in total. The van der Waals surface area contributed by atoms with Gasteiger partial charge < -0.3 is 10.2 Å². The molecule has 1 fully saturated rings. The van der Waals surface area contributed by atoms with Crippen LogP contribution in [-0.4, -0.2) is 28.9 Å². The van der Waals surface area contributed by atoms with Gasteiger partial charge in [-0.15, -0.1) is 0 Å². The van der Waals surface area contributed by atoms with Crippen molar-refractivity contribution in [3.63, 3.8) is 0 Å². The van der Waals surface area contributed by atoms with E-state index in [0.29, 0.717) is 18.2 Å². The largest absolute Gasteiger partial charge is 0.366 e. The number of rotatable bonds is 5. The van der Waals surface area contributed by atoms with Gasteiger partial charge in [-0.3, -0.25) is 19.9 Å². The van der Waals surface area contributed by atoms with Crippen LogP contribution in [0.5, 0.6) is 0 Å². The van der Waals surface area contributed by atoms with Gasteiger partial charge >= 0.3 is 0 Å². The highest BCUT2D eigenvalue weighted by atomic mass is 16.6. The minimum atomic E-state index is -0.411. The Morgan fingerprint density at radius 2 is 2.12 bits per heavy atom. The lowest BCUT2D eigenvalue weighted by Gasteiger charge is -2.31. The molecule has 3 rings (SSSR count). The summed E-state index contributed by atoms with van der Waals surface area (Å²) in [7, 11) is 0. The third-order valence-electron chi connectivity index (χ3n) is 4.73. The van der Waals surface area contributed by atoms with E-state index in [0.717, 1.165) is 31.5 Å². The lowest BCUT2D eigenvalue weighted by Crippen LogP contribution is -2.33. The van der Waals surface area contributed by atoms with Crippen molar-refractivity contribution in [3.05, 3.63) is 64.0 Å². The summed E-state index contributed by atoms with van der Waals surface area (Å²) in [5, 5.41) is 14.3. The summed E-state index contributed by atoms with van der Waals surface area (Å²) < 4.78 is 0. The van der Waals surface area contributed by atoms with E-state index in [4.69, 9.17) is 0 Å². The average molecular weight is 354 g/mol. The van der Waals surface area contributed by atoms with Crippen LogP contribution < -0.4 is 10.2 Å². The molecule has 1 aliphatic heterocycles. The Kier molecular flexibility index (Phi) is 5.46. The van der Waals surface area contributed by atoms with Crippen LogP contribution in [0.2, 0.25) is 0 Å². The first-order valence-electron chi connectivity index (χ1n) is 8.75. The van der Waals surface area contributed by atoms with Crippen LogP contribution in [0.1, 0.15) is 35.7 Å². The van der Waals surface area contributed by atoms with E-state index in [1.54, 1.807) is 30.6 Å². The molecule has 1 N–H and O–H groups in total. The first kappa shape index (κ1) is 17.8. The molecule has 0 aliphatic carbocycles. The van der Waals surface area contributed by atoms with Crippen molar-refractivity contribution < 1.29 is 9.72 Å². The standard InChI is InChI=1S/C19H22N4O3/c1-14-6-9-22(10-7-14)17-5-4-16(11-18(17)23(25)26)19(24)21-13-15-3-2-8-20-12-15/h2-5,8,11-12,14H,6-7,9-10,13H2,1H3,(H,21,24). The number of hydrogen-bond donors (Lipinski definition) is 1. The van der Waals surface area contributed by atoms with Gasteiger partial charge in [-0.2, -0.15) is 0 Å². The zero-order valence-electron chi connectivity index (χ0n) is 14.7. The van der Waals surface area contributed by atoms with E-state index in [2.05, 4.69) is 17.2 Å². The SMILES string of the molecule is CC1CCN(c2ccc(C(=O)NCc3cccnc3)cc2[N+](=O)[O-])CC1. The Hall–Kier alpha value is -2.96. The minimum Gasteiger partial charge on any atom is -0.366 e. The van der Waals surface area contributed by atoms with Gasteiger partial charge in [-0.1, -0.05) is 13.0 Å². The van der Waals surface area contributed by atoms with E-state index < -0.39 is 4.92 Å².